The first-order valence-corrected chi connectivity index (χ1v) is 24.9. The number of thiazole rings is 2. The highest BCUT2D eigenvalue weighted by Crippen LogP contribution is 2.59. The summed E-state index contributed by atoms with van der Waals surface area (Å²) in [5.74, 6) is 0.482. The van der Waals surface area contributed by atoms with Gasteiger partial charge in [0.1, 0.15) is 53.4 Å². The number of ether oxygens (including phenoxy) is 4. The molecule has 71 heavy (non-hydrogen) atoms. The van der Waals surface area contributed by atoms with Crippen molar-refractivity contribution < 1.29 is 28.5 Å². The molecule has 1 aliphatic carbocycles. The third-order valence-electron chi connectivity index (χ3n) is 13.1. The minimum Gasteiger partial charge on any atom is -0.490 e. The van der Waals surface area contributed by atoms with E-state index in [1.807, 2.05) is 24.3 Å². The minimum atomic E-state index is -0.782. The monoisotopic (exact) mass is 962 g/mol. The summed E-state index contributed by atoms with van der Waals surface area (Å²) in [4.78, 5) is 34.0. The fourth-order valence-electron chi connectivity index (χ4n) is 9.75. The quantitative estimate of drug-likeness (QED) is 0.0604. The van der Waals surface area contributed by atoms with Crippen LogP contribution in [0.4, 0.5) is 0 Å². The van der Waals surface area contributed by atoms with Crippen LogP contribution in [0.5, 0.6) is 11.5 Å². The van der Waals surface area contributed by atoms with Crippen LogP contribution in [0.2, 0.25) is 0 Å². The Bertz CT molecular complexity index is 3780. The average Bonchev–Trinajstić information content (AvgIpc) is 4.12. The van der Waals surface area contributed by atoms with Gasteiger partial charge in [-0.25, -0.2) is 19.6 Å². The van der Waals surface area contributed by atoms with Crippen LogP contribution in [0.3, 0.4) is 0 Å². The van der Waals surface area contributed by atoms with Crippen LogP contribution in [0, 0.1) is 0 Å². The standard InChI is InChI=1S/C61H42N2O6S2/c1-3-57(64)68-27-25-66-47-21-17-41-29-39(13-15-43(41)31-47)45-19-23-53-55(35-45)70-59(62-53)61(51-12-8-7-11-49(51)50-33-37-9-5-6-10-38(37)34-52(50)61)60-63-54-24-20-46(36-56(54)71-60)40-14-16-44-32-48(22-18-42(44)30-40)67-26-28-69-58(65)4-2/h3-24,29-36H,1-2,25-28H2. The van der Waals surface area contributed by atoms with Gasteiger partial charge in [-0.15, -0.1) is 22.7 Å². The third kappa shape index (κ3) is 7.97. The molecule has 12 rings (SSSR count). The van der Waals surface area contributed by atoms with Gasteiger partial charge in [-0.05, 0) is 150 Å². The molecule has 344 valence electrons. The SMILES string of the molecule is C=CC(=O)OCCOc1ccc2cc(-c3ccc4nc(C5(c6nc7ccc(-c8ccc9cc(OCCOC(=O)C=C)ccc9c8)cc7s6)c6ccccc6-c6cc7ccccc7cc65)sc4c3)ccc2c1. The molecule has 0 fully saturated rings. The molecule has 0 bridgehead atoms. The summed E-state index contributed by atoms with van der Waals surface area (Å²) >= 11 is 3.47. The summed E-state index contributed by atoms with van der Waals surface area (Å²) in [6.45, 7) is 7.67. The van der Waals surface area contributed by atoms with Gasteiger partial charge in [0.2, 0.25) is 0 Å². The summed E-state index contributed by atoms with van der Waals surface area (Å²) in [6, 6.07) is 60.2. The molecule has 9 aromatic carbocycles. The first-order chi connectivity index (χ1) is 34.8. The second-order valence-electron chi connectivity index (χ2n) is 17.3. The molecule has 0 spiro atoms. The van der Waals surface area contributed by atoms with E-state index in [1.54, 1.807) is 22.7 Å². The van der Waals surface area contributed by atoms with Gasteiger partial charge in [0, 0.05) is 12.2 Å². The fraction of sp³-hybridized carbons (Fsp3) is 0.0820. The Morgan fingerprint density at radius 3 is 1.45 bits per heavy atom. The molecule has 0 radical (unpaired) electrons. The fourth-order valence-corrected chi connectivity index (χ4v) is 12.3. The molecule has 8 nitrogen and oxygen atoms in total. The van der Waals surface area contributed by atoms with E-state index >= 15 is 0 Å². The molecule has 0 amide bonds. The first-order valence-electron chi connectivity index (χ1n) is 23.2. The van der Waals surface area contributed by atoms with Crippen LogP contribution in [0.1, 0.15) is 21.1 Å². The molecule has 0 unspecified atom stereocenters. The van der Waals surface area contributed by atoms with E-state index in [0.717, 1.165) is 86.4 Å². The molecule has 2 aromatic heterocycles. The van der Waals surface area contributed by atoms with Crippen molar-refractivity contribution in [3.05, 3.63) is 216 Å². The van der Waals surface area contributed by atoms with E-state index in [9.17, 15) is 9.59 Å². The van der Waals surface area contributed by atoms with Gasteiger partial charge < -0.3 is 18.9 Å². The van der Waals surface area contributed by atoms with Gasteiger partial charge >= 0.3 is 11.9 Å². The number of fused-ring (bicyclic) bond motifs is 8. The molecule has 0 aliphatic heterocycles. The molecular weight excluding hydrogens is 921 g/mol. The number of esters is 2. The highest BCUT2D eigenvalue weighted by Gasteiger charge is 2.51. The maximum atomic E-state index is 11.4. The van der Waals surface area contributed by atoms with Gasteiger partial charge in [0.05, 0.1) is 20.4 Å². The van der Waals surface area contributed by atoms with E-state index in [-0.39, 0.29) is 26.4 Å². The number of nitrogens with zero attached hydrogens (tertiary/aromatic N) is 2. The highest BCUT2D eigenvalue weighted by molar-refractivity contribution is 7.20. The molecule has 0 atom stereocenters. The Hall–Kier alpha value is -8.44. The van der Waals surface area contributed by atoms with E-state index in [1.165, 1.54) is 33.0 Å². The number of rotatable bonds is 14. The van der Waals surface area contributed by atoms with E-state index in [0.29, 0.717) is 11.5 Å². The molecule has 2 heterocycles. The van der Waals surface area contributed by atoms with Crippen LogP contribution >= 0.6 is 22.7 Å². The molecule has 10 heteroatoms. The summed E-state index contributed by atoms with van der Waals surface area (Å²) in [5, 5.41) is 8.59. The zero-order chi connectivity index (χ0) is 48.1. The average molecular weight is 963 g/mol. The molecule has 0 N–H and O–H groups in total. The zero-order valence-electron chi connectivity index (χ0n) is 38.2. The second-order valence-corrected chi connectivity index (χ2v) is 19.4. The Labute approximate surface area is 416 Å². The number of benzene rings is 9. The topological polar surface area (TPSA) is 96.8 Å². The number of hydrogen-bond donors (Lipinski definition) is 0. The van der Waals surface area contributed by atoms with Crippen molar-refractivity contribution in [2.24, 2.45) is 0 Å². The maximum Gasteiger partial charge on any atom is 0.330 e. The largest absolute Gasteiger partial charge is 0.490 e. The maximum absolute atomic E-state index is 11.4. The van der Waals surface area contributed by atoms with Crippen molar-refractivity contribution in [2.45, 2.75) is 5.41 Å². The van der Waals surface area contributed by atoms with E-state index in [4.69, 9.17) is 28.9 Å². The lowest BCUT2D eigenvalue weighted by Gasteiger charge is -2.28. The molecular formula is C61H42N2O6S2. The summed E-state index contributed by atoms with van der Waals surface area (Å²) < 4.78 is 24.0. The van der Waals surface area contributed by atoms with Gasteiger partial charge in [-0.1, -0.05) is 110 Å². The van der Waals surface area contributed by atoms with Crippen LogP contribution in [0.25, 0.3) is 86.1 Å². The lowest BCUT2D eigenvalue weighted by Crippen LogP contribution is -2.28. The highest BCUT2D eigenvalue weighted by atomic mass is 32.1. The molecule has 1 aliphatic rings. The van der Waals surface area contributed by atoms with Gasteiger partial charge in [-0.2, -0.15) is 0 Å². The van der Waals surface area contributed by atoms with Crippen LogP contribution in [0.15, 0.2) is 195 Å². The van der Waals surface area contributed by atoms with Crippen molar-refractivity contribution >= 4 is 87.4 Å². The zero-order valence-corrected chi connectivity index (χ0v) is 39.9. The number of carbonyl (C=O) groups excluding carboxylic acids is 2. The van der Waals surface area contributed by atoms with Gasteiger partial charge in [0.15, 0.2) is 0 Å². The smallest absolute Gasteiger partial charge is 0.330 e. The minimum absolute atomic E-state index is 0.150. The van der Waals surface area contributed by atoms with Crippen molar-refractivity contribution in [3.63, 3.8) is 0 Å². The van der Waals surface area contributed by atoms with Gasteiger partial charge in [-0.3, -0.25) is 0 Å². The van der Waals surface area contributed by atoms with Crippen molar-refractivity contribution in [2.75, 3.05) is 26.4 Å². The molecule has 0 saturated carbocycles. The Kier molecular flexibility index (Phi) is 11.2. The Morgan fingerprint density at radius 1 is 0.451 bits per heavy atom. The van der Waals surface area contributed by atoms with Crippen molar-refractivity contribution in [3.8, 4) is 44.9 Å². The number of aromatic nitrogens is 2. The lowest BCUT2D eigenvalue weighted by atomic mass is 9.78. The summed E-state index contributed by atoms with van der Waals surface area (Å²) in [7, 11) is 0. The summed E-state index contributed by atoms with van der Waals surface area (Å²) in [5.41, 5.74) is 10.2. The van der Waals surface area contributed by atoms with Crippen LogP contribution in [-0.4, -0.2) is 48.3 Å². The van der Waals surface area contributed by atoms with Gasteiger partial charge in [0.25, 0.3) is 0 Å². The first kappa shape index (κ1) is 43.8. The lowest BCUT2D eigenvalue weighted by molar-refractivity contribution is -0.139. The normalized spacial score (nSPS) is 12.5. The predicted molar refractivity (Wildman–Crippen MR) is 287 cm³/mol. The number of carbonyl (C=O) groups is 2. The van der Waals surface area contributed by atoms with Crippen LogP contribution in [-0.2, 0) is 24.5 Å². The van der Waals surface area contributed by atoms with Crippen molar-refractivity contribution in [1.29, 1.82) is 0 Å². The molecule has 11 aromatic rings. The summed E-state index contributed by atoms with van der Waals surface area (Å²) in [6.07, 6.45) is 2.29. The third-order valence-corrected chi connectivity index (χ3v) is 15.4. The van der Waals surface area contributed by atoms with E-state index < -0.39 is 17.4 Å². The van der Waals surface area contributed by atoms with E-state index in [2.05, 4.69) is 159 Å². The second kappa shape index (κ2) is 18.1. The number of hydrogen-bond acceptors (Lipinski definition) is 10. The van der Waals surface area contributed by atoms with Crippen LogP contribution < -0.4 is 9.47 Å². The molecule has 0 saturated heterocycles. The Balaban J connectivity index is 0.921. The van der Waals surface area contributed by atoms with Crippen molar-refractivity contribution in [1.82, 2.24) is 9.97 Å². The Morgan fingerprint density at radius 2 is 0.901 bits per heavy atom. The predicted octanol–water partition coefficient (Wildman–Crippen LogP) is 14.3.